The van der Waals surface area contributed by atoms with Gasteiger partial charge in [-0.3, -0.25) is 4.90 Å². The first kappa shape index (κ1) is 14.5. The van der Waals surface area contributed by atoms with Crippen molar-refractivity contribution >= 4 is 15.9 Å². The van der Waals surface area contributed by atoms with Crippen molar-refractivity contribution in [1.82, 2.24) is 9.80 Å². The van der Waals surface area contributed by atoms with Crippen LogP contribution >= 0.6 is 15.9 Å². The first-order valence-corrected chi connectivity index (χ1v) is 7.59. The molecule has 1 heterocycles. The second kappa shape index (κ2) is 6.36. The number of likely N-dealkylation sites (tertiary alicyclic amines) is 1. The summed E-state index contributed by atoms with van der Waals surface area (Å²) in [5.74, 6) is 0. The minimum absolute atomic E-state index is 0.379. The van der Waals surface area contributed by atoms with E-state index < -0.39 is 0 Å². The Kier molecular flexibility index (Phi) is 5.75. The number of alkyl halides is 1. The van der Waals surface area contributed by atoms with Gasteiger partial charge in [-0.1, -0.05) is 36.7 Å². The van der Waals surface area contributed by atoms with E-state index in [2.05, 4.69) is 53.5 Å². The normalized spacial score (nSPS) is 23.2. The van der Waals surface area contributed by atoms with Gasteiger partial charge in [-0.2, -0.15) is 0 Å². The number of rotatable bonds is 6. The van der Waals surface area contributed by atoms with Crippen LogP contribution in [0, 0.1) is 5.41 Å². The zero-order valence-corrected chi connectivity index (χ0v) is 12.9. The summed E-state index contributed by atoms with van der Waals surface area (Å²) in [7, 11) is 2.26. The Morgan fingerprint density at radius 2 is 2.12 bits per heavy atom. The molecule has 0 aromatic rings. The summed E-state index contributed by atoms with van der Waals surface area (Å²) in [6, 6.07) is 0.793. The van der Waals surface area contributed by atoms with Gasteiger partial charge in [-0.05, 0) is 38.4 Å². The lowest BCUT2D eigenvalue weighted by Crippen LogP contribution is -2.42. The molecular weight excluding hydrogens is 264 g/mol. The van der Waals surface area contributed by atoms with Crippen LogP contribution in [0.3, 0.4) is 0 Å². The molecule has 1 unspecified atom stereocenters. The molecule has 0 aromatic heterocycles. The van der Waals surface area contributed by atoms with Crippen LogP contribution in [-0.2, 0) is 0 Å². The number of halogens is 1. The molecule has 2 nitrogen and oxygen atoms in total. The van der Waals surface area contributed by atoms with Crippen LogP contribution in [0.5, 0.6) is 0 Å². The molecule has 96 valence electrons. The molecule has 1 aliphatic rings. The van der Waals surface area contributed by atoms with E-state index in [9.17, 15) is 0 Å². The van der Waals surface area contributed by atoms with Gasteiger partial charge in [0.05, 0.1) is 0 Å². The Morgan fingerprint density at radius 3 is 2.69 bits per heavy atom. The highest BCUT2D eigenvalue weighted by molar-refractivity contribution is 9.09. The van der Waals surface area contributed by atoms with E-state index >= 15 is 0 Å². The topological polar surface area (TPSA) is 6.48 Å². The molecule has 0 aliphatic carbocycles. The molecule has 1 rings (SSSR count). The Bertz CT molecular complexity index is 206. The highest BCUT2D eigenvalue weighted by Gasteiger charge is 2.26. The second-order valence-electron chi connectivity index (χ2n) is 5.92. The largest absolute Gasteiger partial charge is 0.304 e. The minimum atomic E-state index is 0.379. The van der Waals surface area contributed by atoms with E-state index in [4.69, 9.17) is 0 Å². The Morgan fingerprint density at radius 1 is 1.44 bits per heavy atom. The average Bonchev–Trinajstić information content (AvgIpc) is 2.64. The van der Waals surface area contributed by atoms with Crippen molar-refractivity contribution in [2.45, 2.75) is 39.7 Å². The molecule has 1 atom stereocenters. The Hall–Kier alpha value is 0.400. The quantitative estimate of drug-likeness (QED) is 0.694. The second-order valence-corrected chi connectivity index (χ2v) is 6.48. The molecule has 0 radical (unpaired) electrons. The maximum Gasteiger partial charge on any atom is 0.0223 e. The molecule has 3 heteroatoms. The van der Waals surface area contributed by atoms with Gasteiger partial charge in [0.1, 0.15) is 0 Å². The van der Waals surface area contributed by atoms with E-state index in [1.807, 2.05) is 0 Å². The van der Waals surface area contributed by atoms with Gasteiger partial charge in [0.15, 0.2) is 0 Å². The summed E-state index contributed by atoms with van der Waals surface area (Å²) >= 11 is 3.60. The predicted molar refractivity (Wildman–Crippen MR) is 75.3 cm³/mol. The zero-order chi connectivity index (χ0) is 12.2. The smallest absolute Gasteiger partial charge is 0.0223 e. The molecule has 16 heavy (non-hydrogen) atoms. The van der Waals surface area contributed by atoms with Gasteiger partial charge in [0, 0.05) is 24.5 Å². The molecule has 0 aromatic carbocycles. The molecular formula is C13H27BrN2. The van der Waals surface area contributed by atoms with Gasteiger partial charge >= 0.3 is 0 Å². The molecule has 1 fully saturated rings. The minimum Gasteiger partial charge on any atom is -0.304 e. The highest BCUT2D eigenvalue weighted by Crippen LogP contribution is 2.22. The van der Waals surface area contributed by atoms with Crippen LogP contribution in [0.1, 0.15) is 33.6 Å². The summed E-state index contributed by atoms with van der Waals surface area (Å²) < 4.78 is 0. The van der Waals surface area contributed by atoms with Crippen LogP contribution in [-0.4, -0.2) is 54.4 Å². The van der Waals surface area contributed by atoms with Crippen molar-refractivity contribution in [3.8, 4) is 0 Å². The van der Waals surface area contributed by atoms with E-state index in [-0.39, 0.29) is 0 Å². The summed E-state index contributed by atoms with van der Waals surface area (Å²) in [5.41, 5.74) is 0.379. The fourth-order valence-corrected chi connectivity index (χ4v) is 2.89. The lowest BCUT2D eigenvalue weighted by molar-refractivity contribution is 0.166. The lowest BCUT2D eigenvalue weighted by atomic mass is 9.96. The Labute approximate surface area is 109 Å². The molecule has 0 saturated carbocycles. The third-order valence-electron chi connectivity index (χ3n) is 3.49. The van der Waals surface area contributed by atoms with E-state index in [1.54, 1.807) is 0 Å². The number of hydrogen-bond acceptors (Lipinski definition) is 2. The van der Waals surface area contributed by atoms with Gasteiger partial charge in [-0.15, -0.1) is 0 Å². The molecule has 0 bridgehead atoms. The standard InChI is InChI=1S/C13H27BrN2/c1-5-16-8-6-7-12(16)9-15(4)11-13(2,3)10-14/h12H,5-11H2,1-4H3. The summed E-state index contributed by atoms with van der Waals surface area (Å²) in [4.78, 5) is 5.12. The Balaban J connectivity index is 2.36. The molecule has 0 spiro atoms. The van der Waals surface area contributed by atoms with Crippen molar-refractivity contribution in [1.29, 1.82) is 0 Å². The monoisotopic (exact) mass is 290 g/mol. The van der Waals surface area contributed by atoms with Crippen molar-refractivity contribution in [3.63, 3.8) is 0 Å². The SMILES string of the molecule is CCN1CCCC1CN(C)CC(C)(C)CBr. The van der Waals surface area contributed by atoms with Crippen LogP contribution in [0.25, 0.3) is 0 Å². The van der Waals surface area contributed by atoms with E-state index in [1.165, 1.54) is 39.0 Å². The molecule has 1 aliphatic heterocycles. The lowest BCUT2D eigenvalue weighted by Gasteiger charge is -2.32. The first-order valence-electron chi connectivity index (χ1n) is 6.47. The van der Waals surface area contributed by atoms with Crippen LogP contribution in [0.15, 0.2) is 0 Å². The van der Waals surface area contributed by atoms with Gasteiger partial charge < -0.3 is 4.90 Å². The average molecular weight is 291 g/mol. The maximum atomic E-state index is 3.60. The number of likely N-dealkylation sites (N-methyl/N-ethyl adjacent to an activating group) is 2. The van der Waals surface area contributed by atoms with Crippen LogP contribution < -0.4 is 0 Å². The van der Waals surface area contributed by atoms with E-state index in [0.29, 0.717) is 5.41 Å². The van der Waals surface area contributed by atoms with Crippen molar-refractivity contribution in [3.05, 3.63) is 0 Å². The zero-order valence-electron chi connectivity index (χ0n) is 11.3. The van der Waals surface area contributed by atoms with Crippen molar-refractivity contribution < 1.29 is 0 Å². The van der Waals surface area contributed by atoms with Gasteiger partial charge in [0.2, 0.25) is 0 Å². The van der Waals surface area contributed by atoms with E-state index in [0.717, 1.165) is 11.4 Å². The third-order valence-corrected chi connectivity index (χ3v) is 5.01. The van der Waals surface area contributed by atoms with Crippen molar-refractivity contribution in [2.24, 2.45) is 5.41 Å². The summed E-state index contributed by atoms with van der Waals surface area (Å²) in [5, 5.41) is 1.08. The fourth-order valence-electron chi connectivity index (χ4n) is 2.72. The molecule has 0 amide bonds. The van der Waals surface area contributed by atoms with Gasteiger partial charge in [-0.25, -0.2) is 0 Å². The predicted octanol–water partition coefficient (Wildman–Crippen LogP) is 2.82. The molecule has 1 saturated heterocycles. The summed E-state index contributed by atoms with van der Waals surface area (Å²) in [6.45, 7) is 11.8. The van der Waals surface area contributed by atoms with Gasteiger partial charge in [0.25, 0.3) is 0 Å². The van der Waals surface area contributed by atoms with Crippen molar-refractivity contribution in [2.75, 3.05) is 38.6 Å². The first-order chi connectivity index (χ1) is 7.48. The van der Waals surface area contributed by atoms with Crippen LogP contribution in [0.2, 0.25) is 0 Å². The van der Waals surface area contributed by atoms with Crippen LogP contribution in [0.4, 0.5) is 0 Å². The number of hydrogen-bond donors (Lipinski definition) is 0. The number of nitrogens with zero attached hydrogens (tertiary/aromatic N) is 2. The molecule has 0 N–H and O–H groups in total. The third kappa shape index (κ3) is 4.34. The summed E-state index contributed by atoms with van der Waals surface area (Å²) in [6.07, 6.45) is 2.76. The maximum absolute atomic E-state index is 3.60. The fraction of sp³-hybridized carbons (Fsp3) is 1.00. The highest BCUT2D eigenvalue weighted by atomic mass is 79.9.